The van der Waals surface area contributed by atoms with E-state index in [4.69, 9.17) is 4.74 Å². The van der Waals surface area contributed by atoms with Crippen LogP contribution in [0.4, 0.5) is 0 Å². The highest BCUT2D eigenvalue weighted by molar-refractivity contribution is 4.71. The SMILES string of the molecule is CCCCC(CC)NCC1CCOC1. The molecule has 1 heterocycles. The van der Waals surface area contributed by atoms with Crippen LogP contribution in [0, 0.1) is 5.92 Å². The minimum absolute atomic E-state index is 0.732. The highest BCUT2D eigenvalue weighted by atomic mass is 16.5. The fourth-order valence-electron chi connectivity index (χ4n) is 1.98. The first-order chi connectivity index (χ1) is 6.86. The zero-order valence-electron chi connectivity index (χ0n) is 9.72. The maximum Gasteiger partial charge on any atom is 0.0507 e. The first-order valence-corrected chi connectivity index (χ1v) is 6.18. The second-order valence-corrected chi connectivity index (χ2v) is 4.39. The molecule has 0 spiro atoms. The fourth-order valence-corrected chi connectivity index (χ4v) is 1.98. The van der Waals surface area contributed by atoms with Crippen molar-refractivity contribution in [3.8, 4) is 0 Å². The first-order valence-electron chi connectivity index (χ1n) is 6.18. The summed E-state index contributed by atoms with van der Waals surface area (Å²) in [6.07, 6.45) is 6.50. The third-order valence-electron chi connectivity index (χ3n) is 3.12. The summed E-state index contributed by atoms with van der Waals surface area (Å²) < 4.78 is 5.36. The third kappa shape index (κ3) is 4.43. The third-order valence-corrected chi connectivity index (χ3v) is 3.12. The standard InChI is InChI=1S/C12H25NO/c1-3-5-6-12(4-2)13-9-11-7-8-14-10-11/h11-13H,3-10H2,1-2H3. The van der Waals surface area contributed by atoms with E-state index in [-0.39, 0.29) is 0 Å². The number of rotatable bonds is 7. The smallest absolute Gasteiger partial charge is 0.0507 e. The Morgan fingerprint density at radius 3 is 2.86 bits per heavy atom. The minimum atomic E-state index is 0.732. The molecule has 2 unspecified atom stereocenters. The Balaban J connectivity index is 2.06. The van der Waals surface area contributed by atoms with Gasteiger partial charge < -0.3 is 10.1 Å². The summed E-state index contributed by atoms with van der Waals surface area (Å²) in [5.41, 5.74) is 0. The number of ether oxygens (including phenoxy) is 1. The second-order valence-electron chi connectivity index (χ2n) is 4.39. The number of hydrogen-bond donors (Lipinski definition) is 1. The molecule has 1 aliphatic rings. The van der Waals surface area contributed by atoms with Crippen LogP contribution in [0.5, 0.6) is 0 Å². The van der Waals surface area contributed by atoms with Gasteiger partial charge in [0.05, 0.1) is 6.61 Å². The zero-order valence-corrected chi connectivity index (χ0v) is 9.72. The Morgan fingerprint density at radius 1 is 1.43 bits per heavy atom. The van der Waals surface area contributed by atoms with Crippen LogP contribution < -0.4 is 5.32 Å². The van der Waals surface area contributed by atoms with Gasteiger partial charge in [-0.1, -0.05) is 26.7 Å². The Morgan fingerprint density at radius 2 is 2.29 bits per heavy atom. The highest BCUT2D eigenvalue weighted by Gasteiger charge is 2.16. The van der Waals surface area contributed by atoms with Crippen LogP contribution in [-0.4, -0.2) is 25.8 Å². The van der Waals surface area contributed by atoms with E-state index >= 15 is 0 Å². The van der Waals surface area contributed by atoms with E-state index in [2.05, 4.69) is 19.2 Å². The molecule has 1 saturated heterocycles. The van der Waals surface area contributed by atoms with Crippen LogP contribution in [0.25, 0.3) is 0 Å². The average molecular weight is 199 g/mol. The molecule has 1 N–H and O–H groups in total. The van der Waals surface area contributed by atoms with Crippen LogP contribution in [-0.2, 0) is 4.74 Å². The van der Waals surface area contributed by atoms with Crippen LogP contribution in [0.15, 0.2) is 0 Å². The van der Waals surface area contributed by atoms with Crippen molar-refractivity contribution >= 4 is 0 Å². The van der Waals surface area contributed by atoms with Gasteiger partial charge in [-0.25, -0.2) is 0 Å². The second kappa shape index (κ2) is 7.24. The molecule has 0 aromatic carbocycles. The van der Waals surface area contributed by atoms with Crippen LogP contribution in [0.1, 0.15) is 46.0 Å². The lowest BCUT2D eigenvalue weighted by molar-refractivity contribution is 0.184. The molecule has 0 bridgehead atoms. The van der Waals surface area contributed by atoms with Crippen molar-refractivity contribution in [2.75, 3.05) is 19.8 Å². The van der Waals surface area contributed by atoms with Crippen LogP contribution in [0.3, 0.4) is 0 Å². The van der Waals surface area contributed by atoms with Crippen molar-refractivity contribution < 1.29 is 4.74 Å². The van der Waals surface area contributed by atoms with Crippen LogP contribution in [0.2, 0.25) is 0 Å². The van der Waals surface area contributed by atoms with Crippen molar-refractivity contribution in [1.29, 1.82) is 0 Å². The van der Waals surface area contributed by atoms with E-state index < -0.39 is 0 Å². The summed E-state index contributed by atoms with van der Waals surface area (Å²) in [6.45, 7) is 7.63. The molecule has 2 atom stereocenters. The summed E-state index contributed by atoms with van der Waals surface area (Å²) in [5, 5.41) is 3.67. The molecule has 0 aromatic heterocycles. The van der Waals surface area contributed by atoms with Gasteiger partial charge in [0, 0.05) is 19.2 Å². The molecule has 0 aromatic rings. The Kier molecular flexibility index (Phi) is 6.20. The van der Waals surface area contributed by atoms with E-state index in [9.17, 15) is 0 Å². The first kappa shape index (κ1) is 12.0. The molecular formula is C12H25NO. The molecule has 84 valence electrons. The summed E-state index contributed by atoms with van der Waals surface area (Å²) in [6, 6.07) is 0.732. The Labute approximate surface area is 88.4 Å². The van der Waals surface area contributed by atoms with Gasteiger partial charge in [-0.2, -0.15) is 0 Å². The maximum absolute atomic E-state index is 5.36. The predicted molar refractivity (Wildman–Crippen MR) is 60.5 cm³/mol. The molecule has 1 fully saturated rings. The summed E-state index contributed by atoms with van der Waals surface area (Å²) in [5.74, 6) is 0.769. The van der Waals surface area contributed by atoms with Gasteiger partial charge in [0.2, 0.25) is 0 Å². The summed E-state index contributed by atoms with van der Waals surface area (Å²) in [7, 11) is 0. The van der Waals surface area contributed by atoms with E-state index in [0.717, 1.165) is 31.7 Å². The molecular weight excluding hydrogens is 174 g/mol. The van der Waals surface area contributed by atoms with Gasteiger partial charge in [0.15, 0.2) is 0 Å². The largest absolute Gasteiger partial charge is 0.381 e. The predicted octanol–water partition coefficient (Wildman–Crippen LogP) is 2.58. The molecule has 2 heteroatoms. The minimum Gasteiger partial charge on any atom is -0.381 e. The van der Waals surface area contributed by atoms with Gasteiger partial charge in [-0.15, -0.1) is 0 Å². The Hall–Kier alpha value is -0.0800. The zero-order chi connectivity index (χ0) is 10.2. The van der Waals surface area contributed by atoms with Gasteiger partial charge in [0.25, 0.3) is 0 Å². The van der Waals surface area contributed by atoms with Gasteiger partial charge in [0.1, 0.15) is 0 Å². The van der Waals surface area contributed by atoms with Crippen molar-refractivity contribution in [3.63, 3.8) is 0 Å². The normalized spacial score (nSPS) is 24.0. The van der Waals surface area contributed by atoms with Crippen LogP contribution >= 0.6 is 0 Å². The molecule has 0 saturated carbocycles. The average Bonchev–Trinajstić information content (AvgIpc) is 2.71. The quantitative estimate of drug-likeness (QED) is 0.680. The number of unbranched alkanes of at least 4 members (excludes halogenated alkanes) is 1. The molecule has 0 radical (unpaired) electrons. The number of hydrogen-bond acceptors (Lipinski definition) is 2. The lowest BCUT2D eigenvalue weighted by Gasteiger charge is -2.18. The topological polar surface area (TPSA) is 21.3 Å². The van der Waals surface area contributed by atoms with Gasteiger partial charge >= 0.3 is 0 Å². The maximum atomic E-state index is 5.36. The van der Waals surface area contributed by atoms with Crippen molar-refractivity contribution in [3.05, 3.63) is 0 Å². The molecule has 0 amide bonds. The molecule has 2 nitrogen and oxygen atoms in total. The number of nitrogens with one attached hydrogen (secondary N) is 1. The monoisotopic (exact) mass is 199 g/mol. The molecule has 1 aliphatic heterocycles. The Bertz CT molecular complexity index is 132. The van der Waals surface area contributed by atoms with E-state index in [0.29, 0.717) is 0 Å². The van der Waals surface area contributed by atoms with Crippen molar-refractivity contribution in [2.24, 2.45) is 5.92 Å². The molecule has 14 heavy (non-hydrogen) atoms. The molecule has 1 rings (SSSR count). The fraction of sp³-hybridized carbons (Fsp3) is 1.00. The van der Waals surface area contributed by atoms with E-state index in [1.54, 1.807) is 0 Å². The van der Waals surface area contributed by atoms with Crippen molar-refractivity contribution in [1.82, 2.24) is 5.32 Å². The van der Waals surface area contributed by atoms with E-state index in [1.807, 2.05) is 0 Å². The molecule has 0 aliphatic carbocycles. The summed E-state index contributed by atoms with van der Waals surface area (Å²) >= 11 is 0. The lowest BCUT2D eigenvalue weighted by atomic mass is 10.1. The van der Waals surface area contributed by atoms with Gasteiger partial charge in [-0.05, 0) is 25.2 Å². The lowest BCUT2D eigenvalue weighted by Crippen LogP contribution is -2.33. The highest BCUT2D eigenvalue weighted by Crippen LogP contribution is 2.12. The van der Waals surface area contributed by atoms with Gasteiger partial charge in [-0.3, -0.25) is 0 Å². The van der Waals surface area contributed by atoms with Crippen molar-refractivity contribution in [2.45, 2.75) is 52.0 Å². The van der Waals surface area contributed by atoms with E-state index in [1.165, 1.54) is 32.1 Å². The summed E-state index contributed by atoms with van der Waals surface area (Å²) in [4.78, 5) is 0.